The largest absolute Gasteiger partial charge is 0.477 e. The number of anilines is 1. The summed E-state index contributed by atoms with van der Waals surface area (Å²) >= 11 is 3.21. The molecule has 6 heteroatoms. The van der Waals surface area contributed by atoms with Crippen molar-refractivity contribution < 1.29 is 9.84 Å². The predicted molar refractivity (Wildman–Crippen MR) is 51.3 cm³/mol. The second-order valence-corrected chi connectivity index (χ2v) is 3.16. The number of nitrogen functional groups attached to an aromatic ring is 1. The molecule has 0 radical (unpaired) electrons. The van der Waals surface area contributed by atoms with Gasteiger partial charge in [0.2, 0.25) is 11.8 Å². The first-order valence-electron chi connectivity index (χ1n) is 3.75. The monoisotopic (exact) mass is 247 g/mol. The van der Waals surface area contributed by atoms with Crippen molar-refractivity contribution in [1.82, 2.24) is 9.97 Å². The highest BCUT2D eigenvalue weighted by Gasteiger charge is 2.03. The third-order valence-corrected chi connectivity index (χ3v) is 1.82. The minimum atomic E-state index is 0.0954. The summed E-state index contributed by atoms with van der Waals surface area (Å²) in [5.74, 6) is 0.572. The molecular formula is C7H10BrN3O2. The van der Waals surface area contributed by atoms with Crippen molar-refractivity contribution >= 4 is 21.9 Å². The summed E-state index contributed by atoms with van der Waals surface area (Å²) in [5.41, 5.74) is 5.36. The van der Waals surface area contributed by atoms with Gasteiger partial charge < -0.3 is 15.6 Å². The zero-order valence-electron chi connectivity index (χ0n) is 6.90. The van der Waals surface area contributed by atoms with Crippen LogP contribution in [-0.4, -0.2) is 28.3 Å². The average molecular weight is 248 g/mol. The summed E-state index contributed by atoms with van der Waals surface area (Å²) in [5, 5.41) is 8.52. The van der Waals surface area contributed by atoms with Crippen LogP contribution in [0.15, 0.2) is 10.7 Å². The molecule has 0 aliphatic rings. The van der Waals surface area contributed by atoms with E-state index in [1.807, 2.05) is 0 Å². The number of aliphatic hydroxyl groups excluding tert-OH is 1. The third-order valence-electron chi connectivity index (χ3n) is 1.27. The number of ether oxygens (including phenoxy) is 1. The highest BCUT2D eigenvalue weighted by Crippen LogP contribution is 2.21. The molecule has 0 fully saturated rings. The third kappa shape index (κ3) is 3.16. The van der Waals surface area contributed by atoms with Crippen LogP contribution in [0.1, 0.15) is 6.42 Å². The lowest BCUT2D eigenvalue weighted by atomic mass is 10.5. The van der Waals surface area contributed by atoms with E-state index in [4.69, 9.17) is 15.6 Å². The minimum absolute atomic E-state index is 0.0954. The smallest absolute Gasteiger partial charge is 0.232 e. The first-order chi connectivity index (χ1) is 6.24. The molecule has 1 aromatic heterocycles. The summed E-state index contributed by atoms with van der Waals surface area (Å²) in [7, 11) is 0. The van der Waals surface area contributed by atoms with E-state index in [-0.39, 0.29) is 12.6 Å². The van der Waals surface area contributed by atoms with E-state index in [0.717, 1.165) is 0 Å². The minimum Gasteiger partial charge on any atom is -0.477 e. The molecule has 1 aromatic rings. The molecule has 0 spiro atoms. The first-order valence-corrected chi connectivity index (χ1v) is 4.55. The van der Waals surface area contributed by atoms with E-state index >= 15 is 0 Å². The van der Waals surface area contributed by atoms with Crippen LogP contribution in [0.4, 0.5) is 5.95 Å². The molecule has 0 unspecified atom stereocenters. The maximum absolute atomic E-state index is 8.52. The molecule has 0 amide bonds. The van der Waals surface area contributed by atoms with Crippen molar-refractivity contribution in [3.63, 3.8) is 0 Å². The van der Waals surface area contributed by atoms with Gasteiger partial charge in [0.1, 0.15) is 0 Å². The van der Waals surface area contributed by atoms with Crippen LogP contribution in [-0.2, 0) is 0 Å². The van der Waals surface area contributed by atoms with Gasteiger partial charge in [0.15, 0.2) is 0 Å². The molecule has 72 valence electrons. The Labute approximate surface area is 84.1 Å². The number of nitrogens with two attached hydrogens (primary N) is 1. The van der Waals surface area contributed by atoms with Gasteiger partial charge in [-0.15, -0.1) is 0 Å². The van der Waals surface area contributed by atoms with Gasteiger partial charge >= 0.3 is 0 Å². The lowest BCUT2D eigenvalue weighted by molar-refractivity contribution is 0.228. The molecule has 0 aliphatic heterocycles. The van der Waals surface area contributed by atoms with E-state index in [2.05, 4.69) is 25.9 Å². The number of aliphatic hydroxyl groups is 1. The van der Waals surface area contributed by atoms with Crippen LogP contribution >= 0.6 is 15.9 Å². The normalized spacial score (nSPS) is 10.0. The lowest BCUT2D eigenvalue weighted by Gasteiger charge is -2.05. The Balaban J connectivity index is 2.59. The molecule has 0 saturated heterocycles. The Morgan fingerprint density at radius 1 is 1.62 bits per heavy atom. The fourth-order valence-corrected chi connectivity index (χ4v) is 1.00. The quantitative estimate of drug-likeness (QED) is 0.762. The molecule has 0 atom stereocenters. The fraction of sp³-hybridized carbons (Fsp3) is 0.429. The van der Waals surface area contributed by atoms with Crippen LogP contribution in [0.25, 0.3) is 0 Å². The van der Waals surface area contributed by atoms with E-state index in [0.29, 0.717) is 23.4 Å². The first kappa shape index (κ1) is 10.2. The number of hydrogen-bond acceptors (Lipinski definition) is 5. The zero-order valence-corrected chi connectivity index (χ0v) is 8.49. The summed E-state index contributed by atoms with van der Waals surface area (Å²) in [6, 6.07) is 0. The Morgan fingerprint density at radius 2 is 2.38 bits per heavy atom. The van der Waals surface area contributed by atoms with Gasteiger partial charge in [-0.05, 0) is 15.9 Å². The topological polar surface area (TPSA) is 81.3 Å². The van der Waals surface area contributed by atoms with Gasteiger partial charge in [-0.1, -0.05) is 0 Å². The van der Waals surface area contributed by atoms with Gasteiger partial charge in [-0.25, -0.2) is 4.98 Å². The maximum Gasteiger partial charge on any atom is 0.232 e. The summed E-state index contributed by atoms with van der Waals surface area (Å²) < 4.78 is 5.87. The van der Waals surface area contributed by atoms with E-state index in [9.17, 15) is 0 Å². The van der Waals surface area contributed by atoms with Gasteiger partial charge in [0.25, 0.3) is 0 Å². The number of halogens is 1. The average Bonchev–Trinajstić information content (AvgIpc) is 2.11. The van der Waals surface area contributed by atoms with Crippen LogP contribution < -0.4 is 10.5 Å². The second-order valence-electron chi connectivity index (χ2n) is 2.31. The van der Waals surface area contributed by atoms with Crippen molar-refractivity contribution in [3.8, 4) is 5.88 Å². The predicted octanol–water partition coefficient (Wildman–Crippen LogP) is 0.583. The van der Waals surface area contributed by atoms with Gasteiger partial charge in [0, 0.05) is 13.0 Å². The highest BCUT2D eigenvalue weighted by atomic mass is 79.9. The molecule has 13 heavy (non-hydrogen) atoms. The lowest BCUT2D eigenvalue weighted by Crippen LogP contribution is -2.04. The van der Waals surface area contributed by atoms with Crippen molar-refractivity contribution in [2.75, 3.05) is 18.9 Å². The molecule has 0 aromatic carbocycles. The van der Waals surface area contributed by atoms with Crippen LogP contribution in [0.5, 0.6) is 5.88 Å². The summed E-state index contributed by atoms with van der Waals surface area (Å²) in [6.07, 6.45) is 2.09. The Bertz CT molecular complexity index is 282. The zero-order chi connectivity index (χ0) is 9.68. The molecule has 1 rings (SSSR count). The number of nitrogens with zero attached hydrogens (tertiary/aromatic N) is 2. The van der Waals surface area contributed by atoms with E-state index in [1.165, 1.54) is 6.20 Å². The summed E-state index contributed by atoms with van der Waals surface area (Å²) in [4.78, 5) is 7.62. The van der Waals surface area contributed by atoms with Gasteiger partial charge in [0.05, 0.1) is 17.3 Å². The Morgan fingerprint density at radius 3 is 3.08 bits per heavy atom. The standard InChI is InChI=1S/C7H10BrN3O2/c8-5-4-10-7(9)11-6(5)13-3-1-2-12/h4,12H,1-3H2,(H2,9,10,11). The van der Waals surface area contributed by atoms with Crippen molar-refractivity contribution in [2.45, 2.75) is 6.42 Å². The SMILES string of the molecule is Nc1ncc(Br)c(OCCCO)n1. The molecule has 0 saturated carbocycles. The molecule has 0 bridgehead atoms. The summed E-state index contributed by atoms with van der Waals surface area (Å²) in [6.45, 7) is 0.504. The molecule has 1 heterocycles. The number of aromatic nitrogens is 2. The molecule has 0 aliphatic carbocycles. The Hall–Kier alpha value is -0.880. The number of rotatable bonds is 4. The van der Waals surface area contributed by atoms with Crippen LogP contribution in [0, 0.1) is 0 Å². The second kappa shape index (κ2) is 4.98. The van der Waals surface area contributed by atoms with Gasteiger partial charge in [-0.3, -0.25) is 0 Å². The Kier molecular flexibility index (Phi) is 3.91. The van der Waals surface area contributed by atoms with Crippen molar-refractivity contribution in [1.29, 1.82) is 0 Å². The fourth-order valence-electron chi connectivity index (χ4n) is 0.699. The number of hydrogen-bond donors (Lipinski definition) is 2. The molecule has 5 nitrogen and oxygen atoms in total. The molecular weight excluding hydrogens is 238 g/mol. The molecule has 3 N–H and O–H groups in total. The van der Waals surface area contributed by atoms with E-state index < -0.39 is 0 Å². The van der Waals surface area contributed by atoms with Gasteiger partial charge in [-0.2, -0.15) is 4.98 Å². The van der Waals surface area contributed by atoms with Crippen LogP contribution in [0.3, 0.4) is 0 Å². The van der Waals surface area contributed by atoms with Crippen molar-refractivity contribution in [3.05, 3.63) is 10.7 Å². The van der Waals surface area contributed by atoms with Crippen molar-refractivity contribution in [2.24, 2.45) is 0 Å². The highest BCUT2D eigenvalue weighted by molar-refractivity contribution is 9.10. The van der Waals surface area contributed by atoms with E-state index in [1.54, 1.807) is 0 Å². The maximum atomic E-state index is 8.52. The van der Waals surface area contributed by atoms with Crippen LogP contribution in [0.2, 0.25) is 0 Å².